The SMILES string of the molecule is CCc1cc2cc(-c3ccc(C(F)(F)F)cc3Cl)c(Cl)cc2[nH]1. The summed E-state index contributed by atoms with van der Waals surface area (Å²) in [7, 11) is 0. The zero-order valence-corrected chi connectivity index (χ0v) is 13.6. The van der Waals surface area contributed by atoms with E-state index in [1.54, 1.807) is 6.07 Å². The highest BCUT2D eigenvalue weighted by Crippen LogP contribution is 2.39. The summed E-state index contributed by atoms with van der Waals surface area (Å²) in [5.41, 5.74) is 2.26. The van der Waals surface area contributed by atoms with E-state index in [9.17, 15) is 13.2 Å². The first kappa shape index (κ1) is 16.2. The van der Waals surface area contributed by atoms with E-state index in [1.165, 1.54) is 6.07 Å². The molecule has 0 aliphatic carbocycles. The molecule has 0 saturated carbocycles. The second-order valence-electron chi connectivity index (χ2n) is 5.26. The molecule has 0 aliphatic rings. The van der Waals surface area contributed by atoms with Gasteiger partial charge in [-0.25, -0.2) is 0 Å². The highest BCUT2D eigenvalue weighted by Gasteiger charge is 2.31. The number of hydrogen-bond acceptors (Lipinski definition) is 0. The number of hydrogen-bond donors (Lipinski definition) is 1. The van der Waals surface area contributed by atoms with Gasteiger partial charge in [0.1, 0.15) is 0 Å². The molecular formula is C17H12Cl2F3N. The quantitative estimate of drug-likeness (QED) is 0.523. The molecule has 1 nitrogen and oxygen atoms in total. The van der Waals surface area contributed by atoms with Gasteiger partial charge in [-0.1, -0.05) is 36.2 Å². The standard InChI is InChI=1S/C17H12Cl2F3N/c1-2-11-5-9-6-13(15(19)8-16(9)23-11)12-4-3-10(7-14(12)18)17(20,21)22/h3-8,23H,2H2,1H3. The van der Waals surface area contributed by atoms with Crippen molar-refractivity contribution < 1.29 is 13.2 Å². The summed E-state index contributed by atoms with van der Waals surface area (Å²) in [6.07, 6.45) is -3.57. The molecule has 0 bridgehead atoms. The molecule has 2 aromatic carbocycles. The molecule has 0 atom stereocenters. The van der Waals surface area contributed by atoms with Gasteiger partial charge in [-0.2, -0.15) is 13.2 Å². The van der Waals surface area contributed by atoms with Crippen molar-refractivity contribution in [1.82, 2.24) is 4.98 Å². The molecule has 3 rings (SSSR count). The lowest BCUT2D eigenvalue weighted by Gasteiger charge is -2.11. The number of aromatic nitrogens is 1. The molecular weight excluding hydrogens is 346 g/mol. The molecule has 0 fully saturated rings. The minimum absolute atomic E-state index is 0.0207. The zero-order chi connectivity index (χ0) is 16.8. The summed E-state index contributed by atoms with van der Waals surface area (Å²) < 4.78 is 38.2. The first-order valence-corrected chi connectivity index (χ1v) is 7.73. The third-order valence-corrected chi connectivity index (χ3v) is 4.36. The lowest BCUT2D eigenvalue weighted by atomic mass is 10.0. The molecule has 23 heavy (non-hydrogen) atoms. The fraction of sp³-hybridized carbons (Fsp3) is 0.176. The summed E-state index contributed by atoms with van der Waals surface area (Å²) in [6.45, 7) is 2.03. The molecule has 0 saturated heterocycles. The van der Waals surface area contributed by atoms with Gasteiger partial charge in [-0.3, -0.25) is 0 Å². The van der Waals surface area contributed by atoms with Gasteiger partial charge < -0.3 is 4.98 Å². The number of H-pyrrole nitrogens is 1. The van der Waals surface area contributed by atoms with Crippen LogP contribution in [0.25, 0.3) is 22.0 Å². The normalized spacial score (nSPS) is 12.1. The predicted octanol–water partition coefficient (Wildman–Crippen LogP) is 6.72. The first-order chi connectivity index (χ1) is 10.8. The maximum absolute atomic E-state index is 12.7. The second-order valence-corrected chi connectivity index (χ2v) is 6.07. The Labute approximate surface area is 141 Å². The molecule has 6 heteroatoms. The highest BCUT2D eigenvalue weighted by molar-refractivity contribution is 6.37. The number of alkyl halides is 3. The van der Waals surface area contributed by atoms with Crippen LogP contribution >= 0.6 is 23.2 Å². The number of nitrogens with one attached hydrogen (secondary N) is 1. The Bertz CT molecular complexity index is 881. The van der Waals surface area contributed by atoms with Gasteiger partial charge in [0.15, 0.2) is 0 Å². The number of rotatable bonds is 2. The Balaban J connectivity index is 2.14. The van der Waals surface area contributed by atoms with E-state index in [1.807, 2.05) is 19.1 Å². The van der Waals surface area contributed by atoms with Crippen molar-refractivity contribution in [2.45, 2.75) is 19.5 Å². The van der Waals surface area contributed by atoms with Crippen LogP contribution in [0.3, 0.4) is 0 Å². The molecule has 0 radical (unpaired) electrons. The zero-order valence-electron chi connectivity index (χ0n) is 12.1. The monoisotopic (exact) mass is 357 g/mol. The first-order valence-electron chi connectivity index (χ1n) is 6.98. The van der Waals surface area contributed by atoms with Crippen molar-refractivity contribution in [3.05, 3.63) is 57.7 Å². The summed E-state index contributed by atoms with van der Waals surface area (Å²) in [5.74, 6) is 0. The molecule has 0 amide bonds. The van der Waals surface area contributed by atoms with Crippen molar-refractivity contribution in [1.29, 1.82) is 0 Å². The van der Waals surface area contributed by atoms with Crippen LogP contribution in [0.5, 0.6) is 0 Å². The fourth-order valence-electron chi connectivity index (χ4n) is 2.52. The topological polar surface area (TPSA) is 15.8 Å². The number of fused-ring (bicyclic) bond motifs is 1. The summed E-state index contributed by atoms with van der Waals surface area (Å²) >= 11 is 12.4. The van der Waals surface area contributed by atoms with Crippen molar-refractivity contribution >= 4 is 34.1 Å². The predicted molar refractivity (Wildman–Crippen MR) is 88.1 cm³/mol. The number of aryl methyl sites for hydroxylation is 1. The molecule has 1 aromatic heterocycles. The van der Waals surface area contributed by atoms with E-state index in [4.69, 9.17) is 23.2 Å². The van der Waals surface area contributed by atoms with Gasteiger partial charge in [0, 0.05) is 32.7 Å². The third-order valence-electron chi connectivity index (χ3n) is 3.73. The Kier molecular flexibility index (Phi) is 4.07. The van der Waals surface area contributed by atoms with E-state index in [0.29, 0.717) is 16.1 Å². The second kappa shape index (κ2) is 5.77. The lowest BCUT2D eigenvalue weighted by molar-refractivity contribution is -0.137. The minimum atomic E-state index is -4.42. The van der Waals surface area contributed by atoms with Crippen LogP contribution < -0.4 is 0 Å². The van der Waals surface area contributed by atoms with Crippen LogP contribution in [-0.2, 0) is 12.6 Å². The fourth-order valence-corrected chi connectivity index (χ4v) is 3.07. The third kappa shape index (κ3) is 3.06. The van der Waals surface area contributed by atoms with Gasteiger partial charge in [0.05, 0.1) is 10.6 Å². The van der Waals surface area contributed by atoms with E-state index in [2.05, 4.69) is 4.98 Å². The van der Waals surface area contributed by atoms with Crippen LogP contribution in [-0.4, -0.2) is 4.98 Å². The smallest absolute Gasteiger partial charge is 0.358 e. The summed E-state index contributed by atoms with van der Waals surface area (Å²) in [5, 5.41) is 1.40. The van der Waals surface area contributed by atoms with Crippen molar-refractivity contribution in [2.24, 2.45) is 0 Å². The van der Waals surface area contributed by atoms with E-state index < -0.39 is 11.7 Å². The van der Waals surface area contributed by atoms with E-state index in [0.717, 1.165) is 35.2 Å². The average Bonchev–Trinajstić information content (AvgIpc) is 2.87. The van der Waals surface area contributed by atoms with Gasteiger partial charge in [-0.05, 0) is 36.8 Å². The van der Waals surface area contributed by atoms with E-state index in [-0.39, 0.29) is 5.02 Å². The Morgan fingerprint density at radius 1 is 0.957 bits per heavy atom. The van der Waals surface area contributed by atoms with Crippen molar-refractivity contribution in [2.75, 3.05) is 0 Å². The van der Waals surface area contributed by atoms with E-state index >= 15 is 0 Å². The van der Waals surface area contributed by atoms with Gasteiger partial charge in [0.2, 0.25) is 0 Å². The molecule has 3 aromatic rings. The average molecular weight is 358 g/mol. The van der Waals surface area contributed by atoms with Crippen LogP contribution in [0.1, 0.15) is 18.2 Å². The summed E-state index contributed by atoms with van der Waals surface area (Å²) in [4.78, 5) is 3.24. The molecule has 0 unspecified atom stereocenters. The molecule has 0 aliphatic heterocycles. The minimum Gasteiger partial charge on any atom is -0.358 e. The Morgan fingerprint density at radius 2 is 1.65 bits per heavy atom. The van der Waals surface area contributed by atoms with Crippen molar-refractivity contribution in [3.63, 3.8) is 0 Å². The maximum Gasteiger partial charge on any atom is 0.416 e. The van der Waals surface area contributed by atoms with Gasteiger partial charge in [0.25, 0.3) is 0 Å². The lowest BCUT2D eigenvalue weighted by Crippen LogP contribution is -2.04. The van der Waals surface area contributed by atoms with Crippen LogP contribution in [0.15, 0.2) is 36.4 Å². The molecule has 0 spiro atoms. The summed E-state index contributed by atoms with van der Waals surface area (Å²) in [6, 6.07) is 8.88. The number of benzene rings is 2. The number of halogens is 5. The maximum atomic E-state index is 12.7. The Morgan fingerprint density at radius 3 is 2.26 bits per heavy atom. The van der Waals surface area contributed by atoms with Crippen LogP contribution in [0.4, 0.5) is 13.2 Å². The number of aromatic amines is 1. The van der Waals surface area contributed by atoms with Gasteiger partial charge >= 0.3 is 6.18 Å². The van der Waals surface area contributed by atoms with Gasteiger partial charge in [-0.15, -0.1) is 0 Å². The largest absolute Gasteiger partial charge is 0.416 e. The van der Waals surface area contributed by atoms with Crippen LogP contribution in [0.2, 0.25) is 10.0 Å². The molecule has 1 N–H and O–H groups in total. The van der Waals surface area contributed by atoms with Crippen molar-refractivity contribution in [3.8, 4) is 11.1 Å². The highest BCUT2D eigenvalue weighted by atomic mass is 35.5. The molecule has 1 heterocycles. The van der Waals surface area contributed by atoms with Crippen LogP contribution in [0, 0.1) is 0 Å². The molecule has 120 valence electrons. The Hall–Kier alpha value is -1.65.